The fourth-order valence-electron chi connectivity index (χ4n) is 6.09. The molecule has 12 heteroatoms. The van der Waals surface area contributed by atoms with E-state index in [4.69, 9.17) is 24.8 Å². The summed E-state index contributed by atoms with van der Waals surface area (Å²) in [7, 11) is -4.74. The molecule has 0 saturated heterocycles. The first kappa shape index (κ1) is 57.9. The molecule has 61 heavy (non-hydrogen) atoms. The van der Waals surface area contributed by atoms with Gasteiger partial charge in [-0.3, -0.25) is 23.4 Å². The molecular weight excluding hydrogens is 794 g/mol. The second-order valence-corrected chi connectivity index (χ2v) is 17.0. The van der Waals surface area contributed by atoms with Gasteiger partial charge >= 0.3 is 25.7 Å². The van der Waals surface area contributed by atoms with Gasteiger partial charge in [0.05, 0.1) is 13.2 Å². The summed E-state index contributed by atoms with van der Waals surface area (Å²) in [6.07, 6.45) is 52.6. The molecule has 0 saturated carbocycles. The standard InChI is InChI=1S/C49H84NO10P/c1-3-5-7-9-11-13-15-17-19-21-23-25-26-28-30-32-34-36-38-40-47(51)57-42-45(43-58-61(55,56)59-44-46(50)49(53)54)60-48(52)41-39-37-35-33-31-29-27-24-22-20-18-16-14-12-10-8-6-4-2/h5,7,11,13,17,19,23,25,28,30,34,36,45-46H,3-4,6,8-10,12,14-16,18,20-22,24,26-27,29,31-33,35,37-44,50H2,1-2H3,(H,53,54)(H,55,56)/b7-5-,13-11-,19-17-,25-23-,30-28-,36-34-/t45-,46+/m1/s1. The van der Waals surface area contributed by atoms with Crippen molar-refractivity contribution in [3.63, 3.8) is 0 Å². The van der Waals surface area contributed by atoms with Gasteiger partial charge in [0.1, 0.15) is 12.6 Å². The molecule has 0 aliphatic carbocycles. The number of unbranched alkanes of at least 4 members (excludes halogenated alkanes) is 17. The van der Waals surface area contributed by atoms with Crippen LogP contribution in [0.4, 0.5) is 0 Å². The monoisotopic (exact) mass is 878 g/mol. The Morgan fingerprint density at radius 1 is 0.525 bits per heavy atom. The van der Waals surface area contributed by atoms with Crippen molar-refractivity contribution in [2.75, 3.05) is 19.8 Å². The van der Waals surface area contributed by atoms with Crippen LogP contribution in [0.3, 0.4) is 0 Å². The van der Waals surface area contributed by atoms with Crippen LogP contribution < -0.4 is 5.73 Å². The molecule has 0 aromatic rings. The summed E-state index contributed by atoms with van der Waals surface area (Å²) in [6.45, 7) is 2.63. The van der Waals surface area contributed by atoms with Gasteiger partial charge in [-0.25, -0.2) is 4.57 Å². The van der Waals surface area contributed by atoms with Gasteiger partial charge in [0, 0.05) is 12.8 Å². The number of esters is 2. The van der Waals surface area contributed by atoms with E-state index in [1.54, 1.807) is 0 Å². The van der Waals surface area contributed by atoms with Gasteiger partial charge in [0.2, 0.25) is 0 Å². The maximum absolute atomic E-state index is 12.7. The predicted molar refractivity (Wildman–Crippen MR) is 249 cm³/mol. The van der Waals surface area contributed by atoms with E-state index in [0.29, 0.717) is 12.8 Å². The molecule has 0 heterocycles. The van der Waals surface area contributed by atoms with Gasteiger partial charge in [0.25, 0.3) is 0 Å². The summed E-state index contributed by atoms with van der Waals surface area (Å²) in [5.74, 6) is -2.48. The van der Waals surface area contributed by atoms with Crippen LogP contribution in [0.5, 0.6) is 0 Å². The number of allylic oxidation sites excluding steroid dienone is 12. The van der Waals surface area contributed by atoms with Gasteiger partial charge in [0.15, 0.2) is 6.10 Å². The maximum Gasteiger partial charge on any atom is 0.472 e. The second-order valence-electron chi connectivity index (χ2n) is 15.5. The van der Waals surface area contributed by atoms with Crippen molar-refractivity contribution < 1.29 is 47.5 Å². The molecule has 0 aromatic heterocycles. The van der Waals surface area contributed by atoms with Crippen molar-refractivity contribution in [1.82, 2.24) is 0 Å². The number of carbonyl (C=O) groups excluding carboxylic acids is 2. The average Bonchev–Trinajstić information content (AvgIpc) is 3.24. The van der Waals surface area contributed by atoms with Crippen LogP contribution in [-0.2, 0) is 37.5 Å². The number of ether oxygens (including phenoxy) is 2. The summed E-state index contributed by atoms with van der Waals surface area (Å²) >= 11 is 0. The van der Waals surface area contributed by atoms with Crippen molar-refractivity contribution in [3.8, 4) is 0 Å². The number of carboxylic acids is 1. The zero-order valence-electron chi connectivity index (χ0n) is 38.0. The van der Waals surface area contributed by atoms with Crippen LogP contribution in [0.1, 0.15) is 187 Å². The highest BCUT2D eigenvalue weighted by atomic mass is 31.2. The van der Waals surface area contributed by atoms with Gasteiger partial charge in [-0.15, -0.1) is 0 Å². The smallest absolute Gasteiger partial charge is 0.472 e. The Balaban J connectivity index is 4.42. The van der Waals surface area contributed by atoms with Crippen LogP contribution in [0.15, 0.2) is 72.9 Å². The van der Waals surface area contributed by atoms with Crippen molar-refractivity contribution in [1.29, 1.82) is 0 Å². The molecule has 11 nitrogen and oxygen atoms in total. The van der Waals surface area contributed by atoms with Crippen molar-refractivity contribution in [2.24, 2.45) is 5.73 Å². The van der Waals surface area contributed by atoms with E-state index in [0.717, 1.165) is 57.8 Å². The third kappa shape index (κ3) is 43.4. The van der Waals surface area contributed by atoms with Crippen molar-refractivity contribution in [2.45, 2.75) is 199 Å². The molecule has 1 unspecified atom stereocenters. The number of carbonyl (C=O) groups is 3. The number of rotatable bonds is 43. The van der Waals surface area contributed by atoms with E-state index < -0.39 is 51.1 Å². The zero-order chi connectivity index (χ0) is 44.9. The molecule has 0 aliphatic heterocycles. The highest BCUT2D eigenvalue weighted by Crippen LogP contribution is 2.43. The van der Waals surface area contributed by atoms with E-state index in [9.17, 15) is 23.8 Å². The lowest BCUT2D eigenvalue weighted by atomic mass is 10.0. The van der Waals surface area contributed by atoms with Gasteiger partial charge in [-0.1, -0.05) is 196 Å². The first-order valence-corrected chi connectivity index (χ1v) is 25.0. The number of aliphatic carboxylic acids is 1. The van der Waals surface area contributed by atoms with Crippen molar-refractivity contribution in [3.05, 3.63) is 72.9 Å². The summed E-state index contributed by atoms with van der Waals surface area (Å²) in [4.78, 5) is 46.0. The lowest BCUT2D eigenvalue weighted by Gasteiger charge is -2.20. The molecule has 0 aliphatic rings. The fourth-order valence-corrected chi connectivity index (χ4v) is 6.87. The molecule has 350 valence electrons. The molecule has 0 aromatic carbocycles. The number of phosphoric acid groups is 1. The number of hydrogen-bond acceptors (Lipinski definition) is 9. The van der Waals surface area contributed by atoms with E-state index >= 15 is 0 Å². The van der Waals surface area contributed by atoms with Gasteiger partial charge in [-0.2, -0.15) is 0 Å². The third-order valence-electron chi connectivity index (χ3n) is 9.73. The van der Waals surface area contributed by atoms with Gasteiger partial charge < -0.3 is 25.2 Å². The van der Waals surface area contributed by atoms with Crippen LogP contribution in [0.25, 0.3) is 0 Å². The Morgan fingerprint density at radius 3 is 1.34 bits per heavy atom. The quantitative estimate of drug-likeness (QED) is 0.0230. The SMILES string of the molecule is CC/C=C\C/C=C\C/C=C\C/C=C\C/C=C\C/C=C\CCC(=O)OC[C@H](COP(=O)(O)OC[C@H](N)C(=O)O)OC(=O)CCCCCCCCCCCCCCCCCCCC. The number of hydrogen-bond donors (Lipinski definition) is 3. The molecule has 0 fully saturated rings. The lowest BCUT2D eigenvalue weighted by Crippen LogP contribution is -2.34. The molecule has 3 atom stereocenters. The molecule has 0 amide bonds. The van der Waals surface area contributed by atoms with E-state index in [-0.39, 0.29) is 19.4 Å². The third-order valence-corrected chi connectivity index (χ3v) is 10.7. The topological polar surface area (TPSA) is 172 Å². The lowest BCUT2D eigenvalue weighted by molar-refractivity contribution is -0.161. The number of carboxylic acid groups (broad SMARTS) is 1. The molecule has 0 radical (unpaired) electrons. The van der Waals surface area contributed by atoms with E-state index in [1.807, 2.05) is 12.2 Å². The normalized spacial score (nSPS) is 14.3. The number of phosphoric ester groups is 1. The molecule has 0 spiro atoms. The Labute approximate surface area is 370 Å². The van der Waals surface area contributed by atoms with E-state index in [1.165, 1.54) is 89.9 Å². The minimum absolute atomic E-state index is 0.0949. The van der Waals surface area contributed by atoms with Crippen LogP contribution in [0.2, 0.25) is 0 Å². The summed E-state index contributed by atoms with van der Waals surface area (Å²) in [5, 5.41) is 8.90. The second kappa shape index (κ2) is 43.6. The molecule has 0 rings (SSSR count). The predicted octanol–water partition coefficient (Wildman–Crippen LogP) is 12.9. The van der Waals surface area contributed by atoms with Crippen LogP contribution >= 0.6 is 7.82 Å². The van der Waals surface area contributed by atoms with Crippen LogP contribution in [-0.4, -0.2) is 59.9 Å². The Hall–Kier alpha value is -3.08. The Kier molecular flexibility index (Phi) is 41.4. The zero-order valence-corrected chi connectivity index (χ0v) is 38.9. The Bertz CT molecular complexity index is 1310. The van der Waals surface area contributed by atoms with E-state index in [2.05, 4.69) is 79.1 Å². The minimum Gasteiger partial charge on any atom is -0.480 e. The Morgan fingerprint density at radius 2 is 0.918 bits per heavy atom. The first-order valence-electron chi connectivity index (χ1n) is 23.5. The summed E-state index contributed by atoms with van der Waals surface area (Å²) in [5.41, 5.74) is 5.34. The van der Waals surface area contributed by atoms with Gasteiger partial charge in [-0.05, 0) is 51.4 Å². The highest BCUT2D eigenvalue weighted by molar-refractivity contribution is 7.47. The summed E-state index contributed by atoms with van der Waals surface area (Å²) < 4.78 is 32.7. The summed E-state index contributed by atoms with van der Waals surface area (Å²) in [6, 6.07) is -1.53. The number of nitrogens with two attached hydrogens (primary N) is 1. The molecular formula is C49H84NO10P. The van der Waals surface area contributed by atoms with Crippen LogP contribution in [0, 0.1) is 0 Å². The molecule has 0 bridgehead atoms. The highest BCUT2D eigenvalue weighted by Gasteiger charge is 2.28. The van der Waals surface area contributed by atoms with Crippen molar-refractivity contribution >= 4 is 25.7 Å². The first-order chi connectivity index (χ1) is 29.6. The largest absolute Gasteiger partial charge is 0.480 e. The average molecular weight is 878 g/mol. The minimum atomic E-state index is -4.74. The molecule has 4 N–H and O–H groups in total. The maximum atomic E-state index is 12.7. The fraction of sp³-hybridized carbons (Fsp3) is 0.694.